The van der Waals surface area contributed by atoms with Crippen molar-refractivity contribution in [1.82, 2.24) is 10.3 Å². The molecule has 0 spiro atoms. The first-order valence-electron chi connectivity index (χ1n) is 9.89. The number of nitrogens with one attached hydrogen (secondary N) is 1. The standard InChI is InChI=1S/C22H27ClN2/c1-14(22-10-15-6-16(11-22)8-17(7-15)12-22)24-13-19-9-18-4-2-3-5-20(18)25-21(19)23/h2-5,9,14-17,24H,6-8,10-13H2,1H3. The molecule has 0 saturated heterocycles. The molecule has 2 nitrogen and oxygen atoms in total. The van der Waals surface area contributed by atoms with E-state index in [4.69, 9.17) is 11.6 Å². The van der Waals surface area contributed by atoms with Gasteiger partial charge in [0.25, 0.3) is 0 Å². The second kappa shape index (κ2) is 5.96. The maximum Gasteiger partial charge on any atom is 0.134 e. The van der Waals surface area contributed by atoms with Crippen molar-refractivity contribution in [1.29, 1.82) is 0 Å². The van der Waals surface area contributed by atoms with Gasteiger partial charge in [-0.05, 0) is 80.8 Å². The first-order chi connectivity index (χ1) is 12.1. The highest BCUT2D eigenvalue weighted by atomic mass is 35.5. The Kier molecular flexibility index (Phi) is 3.83. The Hall–Kier alpha value is -1.12. The van der Waals surface area contributed by atoms with E-state index in [0.717, 1.165) is 35.4 Å². The third-order valence-corrected chi connectivity index (χ3v) is 7.68. The van der Waals surface area contributed by atoms with Gasteiger partial charge in [0.15, 0.2) is 0 Å². The van der Waals surface area contributed by atoms with Gasteiger partial charge in [0, 0.05) is 23.5 Å². The van der Waals surface area contributed by atoms with Crippen molar-refractivity contribution in [3.8, 4) is 0 Å². The van der Waals surface area contributed by atoms with Crippen LogP contribution in [0.1, 0.15) is 51.0 Å². The molecule has 0 radical (unpaired) electrons. The summed E-state index contributed by atoms with van der Waals surface area (Å²) < 4.78 is 0. The van der Waals surface area contributed by atoms with Crippen molar-refractivity contribution in [3.63, 3.8) is 0 Å². The number of hydrogen-bond donors (Lipinski definition) is 1. The van der Waals surface area contributed by atoms with E-state index in [0.29, 0.717) is 16.6 Å². The molecule has 4 saturated carbocycles. The SMILES string of the molecule is CC(NCc1cc2ccccc2nc1Cl)C12CC3CC(CC(C3)C1)C2. The van der Waals surface area contributed by atoms with Crippen molar-refractivity contribution >= 4 is 22.5 Å². The van der Waals surface area contributed by atoms with Crippen LogP contribution in [0.15, 0.2) is 30.3 Å². The summed E-state index contributed by atoms with van der Waals surface area (Å²) in [5.74, 6) is 3.00. The van der Waals surface area contributed by atoms with E-state index < -0.39 is 0 Å². The maximum absolute atomic E-state index is 6.45. The topological polar surface area (TPSA) is 24.9 Å². The normalized spacial score (nSPS) is 34.6. The summed E-state index contributed by atoms with van der Waals surface area (Å²) >= 11 is 6.45. The van der Waals surface area contributed by atoms with E-state index in [-0.39, 0.29) is 0 Å². The van der Waals surface area contributed by atoms with Gasteiger partial charge >= 0.3 is 0 Å². The zero-order valence-corrected chi connectivity index (χ0v) is 15.7. The first kappa shape index (κ1) is 16.1. The van der Waals surface area contributed by atoms with E-state index in [1.54, 1.807) is 0 Å². The Morgan fingerprint density at radius 2 is 1.76 bits per heavy atom. The van der Waals surface area contributed by atoms with Gasteiger partial charge in [0.1, 0.15) is 5.15 Å². The van der Waals surface area contributed by atoms with Gasteiger partial charge in [-0.15, -0.1) is 0 Å². The van der Waals surface area contributed by atoms with Crippen molar-refractivity contribution in [3.05, 3.63) is 41.0 Å². The molecule has 4 aliphatic carbocycles. The summed E-state index contributed by atoms with van der Waals surface area (Å²) in [6.07, 6.45) is 8.84. The quantitative estimate of drug-likeness (QED) is 0.724. The minimum absolute atomic E-state index is 0.533. The number of pyridine rings is 1. The Morgan fingerprint density at radius 3 is 2.44 bits per heavy atom. The maximum atomic E-state index is 6.45. The van der Waals surface area contributed by atoms with Crippen LogP contribution in [0.5, 0.6) is 0 Å². The minimum atomic E-state index is 0.533. The van der Waals surface area contributed by atoms with Crippen LogP contribution in [-0.4, -0.2) is 11.0 Å². The lowest BCUT2D eigenvalue weighted by Crippen LogP contribution is -2.54. The Balaban J connectivity index is 1.34. The Morgan fingerprint density at radius 1 is 1.12 bits per heavy atom. The van der Waals surface area contributed by atoms with Crippen LogP contribution in [0.4, 0.5) is 0 Å². The number of rotatable bonds is 4. The van der Waals surface area contributed by atoms with Crippen LogP contribution in [0.25, 0.3) is 10.9 Å². The number of nitrogens with zero attached hydrogens (tertiary/aromatic N) is 1. The van der Waals surface area contributed by atoms with Gasteiger partial charge < -0.3 is 5.32 Å². The highest BCUT2D eigenvalue weighted by molar-refractivity contribution is 6.30. The zero-order valence-electron chi connectivity index (χ0n) is 15.0. The third-order valence-electron chi connectivity index (χ3n) is 7.35. The van der Waals surface area contributed by atoms with Crippen LogP contribution in [0, 0.1) is 23.2 Å². The molecule has 1 unspecified atom stereocenters. The second-order valence-corrected chi connectivity index (χ2v) is 9.37. The first-order valence-corrected chi connectivity index (χ1v) is 10.3. The predicted octanol–water partition coefficient (Wildman–Crippen LogP) is 5.58. The van der Waals surface area contributed by atoms with E-state index in [9.17, 15) is 0 Å². The van der Waals surface area contributed by atoms with Crippen LogP contribution in [0.3, 0.4) is 0 Å². The molecule has 1 N–H and O–H groups in total. The average molecular weight is 355 g/mol. The Bertz CT molecular complexity index is 764. The molecule has 4 fully saturated rings. The number of para-hydroxylation sites is 1. The molecule has 6 rings (SSSR count). The fourth-order valence-corrected chi connectivity index (χ4v) is 6.66. The lowest BCUT2D eigenvalue weighted by Gasteiger charge is -2.59. The highest BCUT2D eigenvalue weighted by Gasteiger charge is 2.52. The smallest absolute Gasteiger partial charge is 0.134 e. The molecule has 0 aliphatic heterocycles. The van der Waals surface area contributed by atoms with Gasteiger partial charge in [-0.2, -0.15) is 0 Å². The average Bonchev–Trinajstić information content (AvgIpc) is 2.58. The fraction of sp³-hybridized carbons (Fsp3) is 0.591. The molecule has 25 heavy (non-hydrogen) atoms. The van der Waals surface area contributed by atoms with Crippen molar-refractivity contribution in [2.24, 2.45) is 23.2 Å². The summed E-state index contributed by atoms with van der Waals surface area (Å²) in [6.45, 7) is 3.23. The number of aromatic nitrogens is 1. The van der Waals surface area contributed by atoms with E-state index in [2.05, 4.69) is 35.4 Å². The molecule has 1 aromatic carbocycles. The molecule has 132 valence electrons. The monoisotopic (exact) mass is 354 g/mol. The number of halogens is 1. The van der Waals surface area contributed by atoms with Gasteiger partial charge in [0.2, 0.25) is 0 Å². The van der Waals surface area contributed by atoms with E-state index in [1.165, 1.54) is 43.9 Å². The molecule has 4 bridgehead atoms. The highest BCUT2D eigenvalue weighted by Crippen LogP contribution is 2.61. The predicted molar refractivity (Wildman–Crippen MR) is 104 cm³/mol. The minimum Gasteiger partial charge on any atom is -0.310 e. The summed E-state index contributed by atoms with van der Waals surface area (Å²) in [5.41, 5.74) is 2.63. The van der Waals surface area contributed by atoms with Crippen molar-refractivity contribution in [2.75, 3.05) is 0 Å². The largest absolute Gasteiger partial charge is 0.310 e. The van der Waals surface area contributed by atoms with E-state index >= 15 is 0 Å². The molecule has 2 aromatic rings. The molecule has 0 amide bonds. The zero-order chi connectivity index (χ0) is 17.0. The van der Waals surface area contributed by atoms with Crippen LogP contribution >= 0.6 is 11.6 Å². The van der Waals surface area contributed by atoms with Gasteiger partial charge in [0.05, 0.1) is 5.52 Å². The molecular weight excluding hydrogens is 328 g/mol. The van der Waals surface area contributed by atoms with Crippen LogP contribution < -0.4 is 5.32 Å². The lowest BCUT2D eigenvalue weighted by atomic mass is 9.48. The molecule has 1 heterocycles. The number of fused-ring (bicyclic) bond motifs is 1. The van der Waals surface area contributed by atoms with Gasteiger partial charge in [-0.25, -0.2) is 4.98 Å². The van der Waals surface area contributed by atoms with Crippen LogP contribution in [0.2, 0.25) is 5.15 Å². The molecule has 1 aromatic heterocycles. The van der Waals surface area contributed by atoms with Gasteiger partial charge in [-0.1, -0.05) is 29.8 Å². The van der Waals surface area contributed by atoms with Crippen molar-refractivity contribution in [2.45, 2.75) is 58.0 Å². The molecule has 1 atom stereocenters. The number of hydrogen-bond acceptors (Lipinski definition) is 2. The molecule has 4 aliphatic rings. The summed E-state index contributed by atoms with van der Waals surface area (Å²) in [6, 6.07) is 11.0. The molecule has 3 heteroatoms. The Labute approximate surface area is 155 Å². The lowest BCUT2D eigenvalue weighted by molar-refractivity contribution is -0.0706. The van der Waals surface area contributed by atoms with E-state index in [1.807, 2.05) is 12.1 Å². The third kappa shape index (κ3) is 2.78. The number of benzene rings is 1. The second-order valence-electron chi connectivity index (χ2n) is 9.01. The molecular formula is C22H27ClN2. The van der Waals surface area contributed by atoms with Gasteiger partial charge in [-0.3, -0.25) is 0 Å². The van der Waals surface area contributed by atoms with Crippen molar-refractivity contribution < 1.29 is 0 Å². The fourth-order valence-electron chi connectivity index (χ4n) is 6.45. The summed E-state index contributed by atoms with van der Waals surface area (Å²) in [4.78, 5) is 4.57. The van der Waals surface area contributed by atoms with Crippen LogP contribution in [-0.2, 0) is 6.54 Å². The summed E-state index contributed by atoms with van der Waals surface area (Å²) in [7, 11) is 0. The summed E-state index contributed by atoms with van der Waals surface area (Å²) in [5, 5.41) is 5.65.